The van der Waals surface area contributed by atoms with Gasteiger partial charge in [-0.2, -0.15) is 17.6 Å². The van der Waals surface area contributed by atoms with Crippen molar-refractivity contribution in [1.29, 1.82) is 0 Å². The van der Waals surface area contributed by atoms with Crippen LogP contribution in [0.4, 0.5) is 17.6 Å². The fraction of sp³-hybridized carbons (Fsp3) is 0.245. The van der Waals surface area contributed by atoms with Crippen molar-refractivity contribution in [2.24, 2.45) is 0 Å². The van der Waals surface area contributed by atoms with Crippen LogP contribution in [0.15, 0.2) is 224 Å². The summed E-state index contributed by atoms with van der Waals surface area (Å²) in [5, 5.41) is 53.4. The van der Waals surface area contributed by atoms with Crippen molar-refractivity contribution >= 4 is 139 Å². The number of carbonyl (C=O) groups excluding carboxylic acids is 9. The van der Waals surface area contributed by atoms with E-state index in [2.05, 4.69) is 43.7 Å². The number of nitrogens with one attached hydrogen (secondary N) is 3. The van der Waals surface area contributed by atoms with Crippen molar-refractivity contribution in [1.82, 2.24) is 16.0 Å². The van der Waals surface area contributed by atoms with E-state index >= 15 is 0 Å². The number of hydrogen-bond acceptors (Lipinski definition) is 16. The van der Waals surface area contributed by atoms with E-state index in [1.165, 1.54) is 145 Å². The fourth-order valence-corrected chi connectivity index (χ4v) is 15.6. The zero-order chi connectivity index (χ0) is 92.1. The summed E-state index contributed by atoms with van der Waals surface area (Å²) in [7, 11) is 0. The van der Waals surface area contributed by atoms with Gasteiger partial charge in [-0.1, -0.05) is 174 Å². The number of Topliss-reactive ketones (excluding diaryl/α,β-unsaturated/α-hetero) is 5. The van der Waals surface area contributed by atoms with Gasteiger partial charge in [-0.3, -0.25) is 47.9 Å². The van der Waals surface area contributed by atoms with Crippen LogP contribution in [0.25, 0.3) is 22.3 Å². The lowest BCUT2D eigenvalue weighted by atomic mass is 9.84. The molecule has 30 heteroatoms. The topological polar surface area (TPSA) is 361 Å². The number of ketones is 6. The summed E-state index contributed by atoms with van der Waals surface area (Å²) in [4.78, 5) is 151. The summed E-state index contributed by atoms with van der Waals surface area (Å²) >= 11 is 24.4. The first kappa shape index (κ1) is 95.8. The van der Waals surface area contributed by atoms with Gasteiger partial charge in [0.2, 0.25) is 0 Å². The number of ether oxygens (including phenoxy) is 2. The highest BCUT2D eigenvalue weighted by Gasteiger charge is 2.66. The second-order valence-electron chi connectivity index (χ2n) is 30.6. The van der Waals surface area contributed by atoms with Crippen LogP contribution >= 0.6 is 46.4 Å². The number of alkyl halides is 4. The number of aliphatic hydroxyl groups is 2. The molecule has 0 aromatic heterocycles. The van der Waals surface area contributed by atoms with Gasteiger partial charge in [0.05, 0.1) is 31.3 Å². The minimum Gasteiger partial charge on any atom is -0.481 e. The third-order valence-electron chi connectivity index (χ3n) is 21.5. The number of hydrogen-bond donors (Lipinski definition) is 8. The molecule has 3 aliphatic carbocycles. The summed E-state index contributed by atoms with van der Waals surface area (Å²) < 4.78 is 63.0. The number of halogens is 8. The van der Waals surface area contributed by atoms with Gasteiger partial charge < -0.3 is 51.0 Å². The van der Waals surface area contributed by atoms with Crippen LogP contribution in [0.1, 0.15) is 235 Å². The summed E-state index contributed by atoms with van der Waals surface area (Å²) in [6.45, 7) is -1.00. The van der Waals surface area contributed by atoms with E-state index in [1.54, 1.807) is 12.1 Å². The monoisotopic (exact) mass is 1820 g/mol. The predicted octanol–water partition coefficient (Wildman–Crippen LogP) is 19.7. The lowest BCUT2D eigenvalue weighted by molar-refractivity contribution is -0.391. The SMILES string of the molecule is O=C(/C=C(\C(=O)c1ccc(C(=O)NC[C@@H](O)C(=O)O)cc1)c1ccc(C2=CCCCC2)cc1)c1cc(Cl)cc(Cl)c1.O=C(CC(C(=O)c1ccc(C(=O)NC[C@@H](O)C(=O)O)cc1)c1ccc(C2=CCCCC2)cc1)c1cc(Cl)cc(Cl)c1.O=C(O)CCNC(=O)c1ccc(C(=O)C(CC(=O)c2ccc3c(c2)OC(F)(F)C(F)(F)O3)c2ccc(C3=CCCCC3)cc2)cc1. The summed E-state index contributed by atoms with van der Waals surface area (Å²) in [6, 6.07) is 51.6. The fourth-order valence-electron chi connectivity index (χ4n) is 14.5. The molecule has 0 saturated heterocycles. The normalized spacial score (nSPS) is 15.2. The Morgan fingerprint density at radius 2 is 0.727 bits per heavy atom. The van der Waals surface area contributed by atoms with Crippen LogP contribution in [0.3, 0.4) is 0 Å². The van der Waals surface area contributed by atoms with Crippen molar-refractivity contribution in [3.05, 3.63) is 328 Å². The third kappa shape index (κ3) is 25.8. The third-order valence-corrected chi connectivity index (χ3v) is 22.4. The average Bonchev–Trinajstić information content (AvgIpc) is 0.757. The number of amides is 3. The van der Waals surface area contributed by atoms with E-state index in [0.717, 1.165) is 99.1 Å². The Kier molecular flexibility index (Phi) is 33.0. The van der Waals surface area contributed by atoms with Crippen molar-refractivity contribution in [2.75, 3.05) is 19.6 Å². The second-order valence-corrected chi connectivity index (χ2v) is 32.3. The first-order valence-corrected chi connectivity index (χ1v) is 42.3. The smallest absolute Gasteiger partial charge is 0.481 e. The van der Waals surface area contributed by atoms with Crippen LogP contribution in [0, 0.1) is 0 Å². The molecule has 0 bridgehead atoms. The maximum absolute atomic E-state index is 13.9. The van der Waals surface area contributed by atoms with Gasteiger partial charge in [-0.25, -0.2) is 9.59 Å². The number of fused-ring (bicyclic) bond motifs is 1. The molecule has 3 amide bonds. The molecule has 4 atom stereocenters. The van der Waals surface area contributed by atoms with Crippen molar-refractivity contribution < 1.29 is 110 Å². The van der Waals surface area contributed by atoms with E-state index in [4.69, 9.17) is 61.7 Å². The molecule has 0 fully saturated rings. The quantitative estimate of drug-likeness (QED) is 0.0110. The molecule has 0 spiro atoms. The lowest BCUT2D eigenvalue weighted by Crippen LogP contribution is -2.52. The molecule has 22 nitrogen and oxygen atoms in total. The molecule has 662 valence electrons. The highest BCUT2D eigenvalue weighted by molar-refractivity contribution is 6.37. The van der Waals surface area contributed by atoms with Crippen molar-refractivity contribution in [3.8, 4) is 11.5 Å². The molecule has 9 aromatic carbocycles. The number of carbonyl (C=O) groups is 12. The first-order chi connectivity index (χ1) is 61.1. The van der Waals surface area contributed by atoms with Gasteiger partial charge in [-0.15, -0.1) is 0 Å². The van der Waals surface area contributed by atoms with E-state index in [0.29, 0.717) is 37.9 Å². The number of aliphatic hydroxyl groups excluding tert-OH is 2. The standard InChI is InChI=1S/C34H29F4NO7.C32H29Cl2NO6.C32H27Cl2NO6/c35-33(36)34(37,38)46-29-18-25(14-15-28(29)45-33)27(40)19-26(22-8-6-21(7-9-22)20-4-2-1-3-5-20)31(43)23-10-12-24(13-11-23)32(44)39-17-16-30(41)42;2*33-25-14-24(15-26(34)16-25)28(36)17-27(21-8-6-20(7-9-21)19-4-2-1-3-5-19)30(38)22-10-12-23(13-11-22)31(39)35-18-29(37)32(40)41/h4,6-15,18,26H,1-3,5,16-17,19H2,(H,39,44)(H,41,42);4,6-16,27,29,37H,1-3,5,17-18H2,(H,35,39)(H,40,41);4,6-17,29,37H,1-3,5,18H2,(H,35,39)(H,40,41)/b;;27-17-/t;27?,29-;29-/m.11/s1. The number of carboxylic acids is 3. The Morgan fingerprint density at radius 1 is 0.383 bits per heavy atom. The summed E-state index contributed by atoms with van der Waals surface area (Å²) in [6.07, 6.45) is 6.56. The van der Waals surface area contributed by atoms with Crippen LogP contribution < -0.4 is 25.4 Å². The Labute approximate surface area is 752 Å². The molecule has 0 radical (unpaired) electrons. The largest absolute Gasteiger partial charge is 0.507 e. The molecule has 0 saturated carbocycles. The number of aliphatic carboxylic acids is 3. The van der Waals surface area contributed by atoms with Crippen LogP contribution in [-0.2, 0) is 14.4 Å². The van der Waals surface area contributed by atoms with Crippen LogP contribution in [0.5, 0.6) is 11.5 Å². The second kappa shape index (κ2) is 44.1. The molecular formula is C98H85Cl4F4N3O19. The predicted molar refractivity (Wildman–Crippen MR) is 474 cm³/mol. The van der Waals surface area contributed by atoms with Gasteiger partial charge in [0.1, 0.15) is 0 Å². The van der Waals surface area contributed by atoms with Gasteiger partial charge in [0, 0.05) is 95.1 Å². The lowest BCUT2D eigenvalue weighted by Gasteiger charge is -2.31. The number of allylic oxidation sites excluding steroid dienone is 8. The molecule has 4 aliphatic rings. The molecular weight excluding hydrogens is 1740 g/mol. The molecule has 128 heavy (non-hydrogen) atoms. The molecule has 9 aromatic rings. The van der Waals surface area contributed by atoms with E-state index in [1.807, 2.05) is 60.7 Å². The number of benzene rings is 9. The van der Waals surface area contributed by atoms with E-state index in [-0.39, 0.29) is 85.5 Å². The van der Waals surface area contributed by atoms with Gasteiger partial charge in [0.25, 0.3) is 17.7 Å². The summed E-state index contributed by atoms with van der Waals surface area (Å²) in [5.74, 6) is -11.5. The minimum absolute atomic E-state index is 0.0775. The number of carboxylic acid groups (broad SMARTS) is 3. The van der Waals surface area contributed by atoms with Crippen molar-refractivity contribution in [3.63, 3.8) is 0 Å². The maximum atomic E-state index is 13.9. The average molecular weight is 1830 g/mol. The molecule has 13 rings (SSSR count). The molecule has 2 unspecified atom stereocenters. The maximum Gasteiger partial charge on any atom is 0.507 e. The highest BCUT2D eigenvalue weighted by atomic mass is 35.5. The Hall–Kier alpha value is -12.8. The molecule has 1 heterocycles. The summed E-state index contributed by atoms with van der Waals surface area (Å²) in [5.41, 5.74) is 10.4. The van der Waals surface area contributed by atoms with E-state index in [9.17, 15) is 85.3 Å². The van der Waals surface area contributed by atoms with Gasteiger partial charge in [-0.05, 0) is 224 Å². The highest BCUT2D eigenvalue weighted by Crippen LogP contribution is 2.48. The number of rotatable bonds is 32. The van der Waals surface area contributed by atoms with Crippen molar-refractivity contribution in [2.45, 2.75) is 133 Å². The zero-order valence-corrected chi connectivity index (χ0v) is 71.4. The Balaban J connectivity index is 0.000000186. The molecule has 1 aliphatic heterocycles. The van der Waals surface area contributed by atoms with E-state index < -0.39 is 126 Å². The Bertz CT molecular complexity index is 5800. The molecule has 8 N–H and O–H groups in total. The minimum atomic E-state index is -4.96. The zero-order valence-electron chi connectivity index (χ0n) is 68.4. The van der Waals surface area contributed by atoms with Gasteiger partial charge in [0.15, 0.2) is 58.4 Å². The van der Waals surface area contributed by atoms with Crippen LogP contribution in [-0.4, -0.2) is 140 Å². The Morgan fingerprint density at radius 3 is 1.11 bits per heavy atom. The first-order valence-electron chi connectivity index (χ1n) is 40.8. The van der Waals surface area contributed by atoms with Gasteiger partial charge >= 0.3 is 30.1 Å². The van der Waals surface area contributed by atoms with Crippen LogP contribution in [0.2, 0.25) is 20.1 Å².